The van der Waals surface area contributed by atoms with Gasteiger partial charge in [0.1, 0.15) is 22.9 Å². The fraction of sp³-hybridized carbons (Fsp3) is 0.176. The molecule has 0 radical (unpaired) electrons. The van der Waals surface area contributed by atoms with Gasteiger partial charge in [0.05, 0.1) is 6.61 Å². The number of furan rings is 1. The normalized spacial score (nSPS) is 13.4. The van der Waals surface area contributed by atoms with E-state index in [2.05, 4.69) is 6.07 Å². The Kier molecular flexibility index (Phi) is 2.72. The zero-order valence-electron chi connectivity index (χ0n) is 11.4. The maximum Gasteiger partial charge on any atom is 0.135 e. The van der Waals surface area contributed by atoms with Crippen LogP contribution in [0.2, 0.25) is 0 Å². The van der Waals surface area contributed by atoms with Crippen LogP contribution in [0.4, 0.5) is 4.39 Å². The lowest BCUT2D eigenvalue weighted by molar-refractivity contribution is 0.353. The standard InChI is InChI=1S/C17H14FNO2/c18-14-1-2-15-12(7-14)8-16(21-15)11-5-10-3-4-20-17(10)13(6-11)9-19/h1-2,5-8H,3-4,9,19H2. The van der Waals surface area contributed by atoms with Crippen molar-refractivity contribution in [3.63, 3.8) is 0 Å². The summed E-state index contributed by atoms with van der Waals surface area (Å²) in [6.07, 6.45) is 0.880. The van der Waals surface area contributed by atoms with Crippen LogP contribution in [0.1, 0.15) is 11.1 Å². The molecule has 2 N–H and O–H groups in total. The lowest BCUT2D eigenvalue weighted by Crippen LogP contribution is -1.99. The minimum atomic E-state index is -0.264. The molecule has 1 aliphatic heterocycles. The van der Waals surface area contributed by atoms with Crippen molar-refractivity contribution < 1.29 is 13.5 Å². The van der Waals surface area contributed by atoms with Gasteiger partial charge in [0, 0.05) is 29.5 Å². The Labute approximate surface area is 121 Å². The Balaban J connectivity index is 1.88. The summed E-state index contributed by atoms with van der Waals surface area (Å²) in [5.41, 5.74) is 9.57. The molecule has 0 amide bonds. The lowest BCUT2D eigenvalue weighted by atomic mass is 10.0. The number of nitrogens with two attached hydrogens (primary N) is 1. The monoisotopic (exact) mass is 283 g/mol. The fourth-order valence-corrected chi connectivity index (χ4v) is 2.84. The molecule has 0 saturated heterocycles. The second kappa shape index (κ2) is 4.60. The number of ether oxygens (including phenoxy) is 1. The summed E-state index contributed by atoms with van der Waals surface area (Å²) in [7, 11) is 0. The van der Waals surface area contributed by atoms with Crippen LogP contribution in [0.25, 0.3) is 22.3 Å². The quantitative estimate of drug-likeness (QED) is 0.781. The van der Waals surface area contributed by atoms with Crippen LogP contribution < -0.4 is 10.5 Å². The minimum absolute atomic E-state index is 0.264. The zero-order valence-corrected chi connectivity index (χ0v) is 11.4. The lowest BCUT2D eigenvalue weighted by Gasteiger charge is -2.08. The molecule has 1 aliphatic rings. The molecule has 0 spiro atoms. The number of rotatable bonds is 2. The van der Waals surface area contributed by atoms with Gasteiger partial charge in [-0.1, -0.05) is 0 Å². The Bertz CT molecular complexity index is 838. The van der Waals surface area contributed by atoms with Gasteiger partial charge >= 0.3 is 0 Å². The van der Waals surface area contributed by atoms with E-state index in [9.17, 15) is 4.39 Å². The predicted molar refractivity (Wildman–Crippen MR) is 78.7 cm³/mol. The van der Waals surface area contributed by atoms with Gasteiger partial charge < -0.3 is 14.9 Å². The molecule has 0 unspecified atom stereocenters. The van der Waals surface area contributed by atoms with Crippen LogP contribution >= 0.6 is 0 Å². The molecule has 2 aromatic carbocycles. The minimum Gasteiger partial charge on any atom is -0.493 e. The molecule has 0 saturated carbocycles. The molecular formula is C17H14FNO2. The molecule has 3 aromatic rings. The van der Waals surface area contributed by atoms with Crippen molar-refractivity contribution in [3.05, 3.63) is 53.3 Å². The van der Waals surface area contributed by atoms with E-state index < -0.39 is 0 Å². The number of fused-ring (bicyclic) bond motifs is 2. The van der Waals surface area contributed by atoms with Gasteiger partial charge in [-0.15, -0.1) is 0 Å². The van der Waals surface area contributed by atoms with Crippen LogP contribution in [-0.4, -0.2) is 6.61 Å². The molecule has 0 atom stereocenters. The summed E-state index contributed by atoms with van der Waals surface area (Å²) in [5, 5.41) is 0.760. The van der Waals surface area contributed by atoms with Crippen molar-refractivity contribution in [2.24, 2.45) is 5.73 Å². The third-order valence-corrected chi connectivity index (χ3v) is 3.84. The molecule has 0 bridgehead atoms. The van der Waals surface area contributed by atoms with E-state index in [1.54, 1.807) is 6.07 Å². The maximum atomic E-state index is 13.3. The van der Waals surface area contributed by atoms with Gasteiger partial charge in [-0.05, 0) is 42.0 Å². The molecule has 4 rings (SSSR count). The van der Waals surface area contributed by atoms with E-state index in [4.69, 9.17) is 14.9 Å². The van der Waals surface area contributed by atoms with Crippen molar-refractivity contribution in [1.82, 2.24) is 0 Å². The molecule has 3 nitrogen and oxygen atoms in total. The van der Waals surface area contributed by atoms with E-state index in [0.717, 1.165) is 40.0 Å². The van der Waals surface area contributed by atoms with E-state index in [0.29, 0.717) is 18.7 Å². The molecule has 21 heavy (non-hydrogen) atoms. The van der Waals surface area contributed by atoms with E-state index >= 15 is 0 Å². The van der Waals surface area contributed by atoms with Gasteiger partial charge in [-0.25, -0.2) is 4.39 Å². The average molecular weight is 283 g/mol. The summed E-state index contributed by atoms with van der Waals surface area (Å²) < 4.78 is 24.7. The highest BCUT2D eigenvalue weighted by atomic mass is 19.1. The third kappa shape index (κ3) is 1.99. The topological polar surface area (TPSA) is 48.4 Å². The summed E-state index contributed by atoms with van der Waals surface area (Å²) in [6, 6.07) is 10.4. The fourth-order valence-electron chi connectivity index (χ4n) is 2.84. The SMILES string of the molecule is NCc1cc(-c2cc3cc(F)ccc3o2)cc2c1OCC2. The number of hydrogen-bond donors (Lipinski definition) is 1. The Hall–Kier alpha value is -2.33. The largest absolute Gasteiger partial charge is 0.493 e. The zero-order chi connectivity index (χ0) is 14.4. The van der Waals surface area contributed by atoms with Gasteiger partial charge in [0.25, 0.3) is 0 Å². The van der Waals surface area contributed by atoms with Gasteiger partial charge in [-0.2, -0.15) is 0 Å². The number of hydrogen-bond acceptors (Lipinski definition) is 3. The average Bonchev–Trinajstić information content (AvgIpc) is 3.11. The van der Waals surface area contributed by atoms with Crippen molar-refractivity contribution in [1.29, 1.82) is 0 Å². The molecule has 106 valence electrons. The van der Waals surface area contributed by atoms with E-state index in [1.165, 1.54) is 12.1 Å². The highest BCUT2D eigenvalue weighted by molar-refractivity contribution is 5.83. The summed E-state index contributed by atoms with van der Waals surface area (Å²) >= 11 is 0. The highest BCUT2D eigenvalue weighted by Gasteiger charge is 2.19. The van der Waals surface area contributed by atoms with Crippen molar-refractivity contribution in [2.75, 3.05) is 6.61 Å². The highest BCUT2D eigenvalue weighted by Crippen LogP contribution is 2.36. The van der Waals surface area contributed by atoms with Crippen LogP contribution in [0, 0.1) is 5.82 Å². The first-order valence-corrected chi connectivity index (χ1v) is 6.93. The molecular weight excluding hydrogens is 269 g/mol. The first-order chi connectivity index (χ1) is 10.2. The Morgan fingerprint density at radius 2 is 2.05 bits per heavy atom. The maximum absolute atomic E-state index is 13.3. The summed E-state index contributed by atoms with van der Waals surface area (Å²) in [6.45, 7) is 1.11. The van der Waals surface area contributed by atoms with Crippen molar-refractivity contribution >= 4 is 11.0 Å². The molecule has 1 aromatic heterocycles. The first kappa shape index (κ1) is 12.4. The molecule has 4 heteroatoms. The van der Waals surface area contributed by atoms with Crippen molar-refractivity contribution in [2.45, 2.75) is 13.0 Å². The molecule has 0 aliphatic carbocycles. The van der Waals surface area contributed by atoms with Gasteiger partial charge in [0.2, 0.25) is 0 Å². The second-order valence-corrected chi connectivity index (χ2v) is 5.22. The molecule has 0 fully saturated rings. The first-order valence-electron chi connectivity index (χ1n) is 6.93. The summed E-state index contributed by atoms with van der Waals surface area (Å²) in [4.78, 5) is 0. The Morgan fingerprint density at radius 1 is 1.14 bits per heavy atom. The van der Waals surface area contributed by atoms with Gasteiger partial charge in [0.15, 0.2) is 0 Å². The van der Waals surface area contributed by atoms with Crippen LogP contribution in [0.3, 0.4) is 0 Å². The summed E-state index contributed by atoms with van der Waals surface area (Å²) in [5.74, 6) is 1.36. The van der Waals surface area contributed by atoms with E-state index in [-0.39, 0.29) is 5.82 Å². The Morgan fingerprint density at radius 3 is 2.90 bits per heavy atom. The smallest absolute Gasteiger partial charge is 0.135 e. The van der Waals surface area contributed by atoms with Crippen LogP contribution in [0.15, 0.2) is 40.8 Å². The van der Waals surface area contributed by atoms with Crippen LogP contribution in [0.5, 0.6) is 5.75 Å². The number of halogens is 1. The number of benzene rings is 2. The third-order valence-electron chi connectivity index (χ3n) is 3.84. The predicted octanol–water partition coefficient (Wildman–Crippen LogP) is 3.63. The van der Waals surface area contributed by atoms with Gasteiger partial charge in [-0.3, -0.25) is 0 Å². The van der Waals surface area contributed by atoms with Crippen molar-refractivity contribution in [3.8, 4) is 17.1 Å². The van der Waals surface area contributed by atoms with Crippen LogP contribution in [-0.2, 0) is 13.0 Å². The van der Waals surface area contributed by atoms with E-state index in [1.807, 2.05) is 12.1 Å². The molecule has 2 heterocycles. The second-order valence-electron chi connectivity index (χ2n) is 5.22.